The third-order valence-electron chi connectivity index (χ3n) is 3.32. The summed E-state index contributed by atoms with van der Waals surface area (Å²) in [7, 11) is 0. The van der Waals surface area contributed by atoms with Crippen LogP contribution in [0, 0.1) is 0 Å². The Morgan fingerprint density at radius 2 is 2.21 bits per heavy atom. The van der Waals surface area contributed by atoms with Crippen LogP contribution in [0.1, 0.15) is 37.4 Å². The van der Waals surface area contributed by atoms with E-state index in [2.05, 4.69) is 20.5 Å². The largest absolute Gasteiger partial charge is 0.399 e. The van der Waals surface area contributed by atoms with Gasteiger partial charge in [0, 0.05) is 17.6 Å². The van der Waals surface area contributed by atoms with Crippen LogP contribution in [0.15, 0.2) is 23.5 Å². The molecule has 0 saturated heterocycles. The fourth-order valence-electron chi connectivity index (χ4n) is 2.37. The SMILES string of the molecule is Nc1ccnc(CSc2nnnn2C2CCCC2)c1. The first kappa shape index (κ1) is 12.4. The second-order valence-corrected chi connectivity index (χ2v) is 5.66. The van der Waals surface area contributed by atoms with E-state index in [0.717, 1.165) is 22.3 Å². The molecule has 2 heterocycles. The van der Waals surface area contributed by atoms with Gasteiger partial charge < -0.3 is 5.73 Å². The maximum atomic E-state index is 5.74. The van der Waals surface area contributed by atoms with Crippen molar-refractivity contribution in [2.75, 3.05) is 5.73 Å². The van der Waals surface area contributed by atoms with E-state index in [9.17, 15) is 0 Å². The molecule has 1 aliphatic carbocycles. The third-order valence-corrected chi connectivity index (χ3v) is 4.29. The van der Waals surface area contributed by atoms with Crippen molar-refractivity contribution in [3.05, 3.63) is 24.0 Å². The molecule has 0 aliphatic heterocycles. The number of anilines is 1. The van der Waals surface area contributed by atoms with E-state index >= 15 is 0 Å². The van der Waals surface area contributed by atoms with Crippen LogP contribution >= 0.6 is 11.8 Å². The first-order chi connectivity index (χ1) is 9.33. The Balaban J connectivity index is 1.68. The maximum absolute atomic E-state index is 5.74. The highest BCUT2D eigenvalue weighted by molar-refractivity contribution is 7.98. The normalized spacial score (nSPS) is 16.0. The van der Waals surface area contributed by atoms with Crippen LogP contribution in [-0.4, -0.2) is 25.2 Å². The number of nitrogens with zero attached hydrogens (tertiary/aromatic N) is 5. The zero-order valence-corrected chi connectivity index (χ0v) is 11.4. The first-order valence-electron chi connectivity index (χ1n) is 6.44. The van der Waals surface area contributed by atoms with Crippen molar-refractivity contribution in [3.8, 4) is 0 Å². The predicted molar refractivity (Wildman–Crippen MR) is 73.5 cm³/mol. The average Bonchev–Trinajstić information content (AvgIpc) is 3.07. The molecule has 1 fully saturated rings. The first-order valence-corrected chi connectivity index (χ1v) is 7.42. The molecule has 6 nitrogen and oxygen atoms in total. The van der Waals surface area contributed by atoms with Crippen molar-refractivity contribution in [2.45, 2.75) is 42.6 Å². The fourth-order valence-corrected chi connectivity index (χ4v) is 3.22. The van der Waals surface area contributed by atoms with E-state index in [1.807, 2.05) is 10.7 Å². The van der Waals surface area contributed by atoms with Gasteiger partial charge in [0.1, 0.15) is 0 Å². The number of hydrogen-bond acceptors (Lipinski definition) is 6. The number of pyridine rings is 1. The second-order valence-electron chi connectivity index (χ2n) is 4.71. The highest BCUT2D eigenvalue weighted by atomic mass is 32.2. The van der Waals surface area contributed by atoms with Crippen molar-refractivity contribution in [1.29, 1.82) is 0 Å². The van der Waals surface area contributed by atoms with Gasteiger partial charge in [-0.15, -0.1) is 5.10 Å². The molecule has 0 bridgehead atoms. The summed E-state index contributed by atoms with van der Waals surface area (Å²) in [5.41, 5.74) is 7.43. The van der Waals surface area contributed by atoms with Crippen LogP contribution in [0.5, 0.6) is 0 Å². The lowest BCUT2D eigenvalue weighted by molar-refractivity contribution is 0.423. The molecule has 0 amide bonds. The number of thioether (sulfide) groups is 1. The number of aromatic nitrogens is 5. The van der Waals surface area contributed by atoms with Gasteiger partial charge in [-0.25, -0.2) is 4.68 Å². The Morgan fingerprint density at radius 1 is 1.37 bits per heavy atom. The number of hydrogen-bond donors (Lipinski definition) is 1. The molecule has 2 aromatic heterocycles. The quantitative estimate of drug-likeness (QED) is 0.861. The van der Waals surface area contributed by atoms with E-state index < -0.39 is 0 Å². The summed E-state index contributed by atoms with van der Waals surface area (Å²) < 4.78 is 1.96. The molecule has 0 unspecified atom stereocenters. The molecule has 19 heavy (non-hydrogen) atoms. The van der Waals surface area contributed by atoms with Gasteiger partial charge in [0.15, 0.2) is 0 Å². The van der Waals surface area contributed by atoms with Crippen molar-refractivity contribution in [2.24, 2.45) is 0 Å². The van der Waals surface area contributed by atoms with E-state index in [-0.39, 0.29) is 0 Å². The minimum atomic E-state index is 0.464. The van der Waals surface area contributed by atoms with Crippen LogP contribution in [0.2, 0.25) is 0 Å². The summed E-state index contributed by atoms with van der Waals surface area (Å²) in [5.74, 6) is 0.734. The van der Waals surface area contributed by atoms with Gasteiger partial charge in [-0.2, -0.15) is 0 Å². The smallest absolute Gasteiger partial charge is 0.209 e. The minimum Gasteiger partial charge on any atom is -0.399 e. The highest BCUT2D eigenvalue weighted by Crippen LogP contribution is 2.32. The molecule has 3 rings (SSSR count). The monoisotopic (exact) mass is 276 g/mol. The Morgan fingerprint density at radius 3 is 3.00 bits per heavy atom. The zero-order valence-electron chi connectivity index (χ0n) is 10.6. The van der Waals surface area contributed by atoms with Crippen molar-refractivity contribution in [1.82, 2.24) is 25.2 Å². The summed E-state index contributed by atoms with van der Waals surface area (Å²) in [5, 5.41) is 12.9. The summed E-state index contributed by atoms with van der Waals surface area (Å²) in [6.45, 7) is 0. The number of rotatable bonds is 4. The Labute approximate surface area is 115 Å². The van der Waals surface area contributed by atoms with Crippen LogP contribution in [0.25, 0.3) is 0 Å². The van der Waals surface area contributed by atoms with Crippen LogP contribution < -0.4 is 5.73 Å². The molecule has 0 radical (unpaired) electrons. The molecule has 2 N–H and O–H groups in total. The van der Waals surface area contributed by atoms with Crippen molar-refractivity contribution in [3.63, 3.8) is 0 Å². The highest BCUT2D eigenvalue weighted by Gasteiger charge is 2.21. The molecule has 0 atom stereocenters. The lowest BCUT2D eigenvalue weighted by Crippen LogP contribution is -2.08. The Kier molecular flexibility index (Phi) is 3.63. The lowest BCUT2D eigenvalue weighted by atomic mass is 10.3. The standard InChI is InChI=1S/C12H16N6S/c13-9-5-6-14-10(7-9)8-19-12-15-16-17-18(12)11-3-1-2-4-11/h5-7,11H,1-4,8H2,(H2,13,14). The molecular formula is C12H16N6S. The summed E-state index contributed by atoms with van der Waals surface area (Å²) in [6, 6.07) is 4.14. The Hall–Kier alpha value is -1.63. The summed E-state index contributed by atoms with van der Waals surface area (Å²) in [4.78, 5) is 4.29. The minimum absolute atomic E-state index is 0.464. The van der Waals surface area contributed by atoms with Gasteiger partial charge in [-0.3, -0.25) is 4.98 Å². The molecule has 100 valence electrons. The van der Waals surface area contributed by atoms with Crippen LogP contribution in [0.3, 0.4) is 0 Å². The van der Waals surface area contributed by atoms with Crippen LogP contribution in [-0.2, 0) is 5.75 Å². The van der Waals surface area contributed by atoms with Gasteiger partial charge in [0.05, 0.1) is 11.7 Å². The third kappa shape index (κ3) is 2.86. The molecule has 0 spiro atoms. The van der Waals surface area contributed by atoms with Crippen molar-refractivity contribution >= 4 is 17.4 Å². The topological polar surface area (TPSA) is 82.5 Å². The predicted octanol–water partition coefficient (Wildman–Crippen LogP) is 2.06. The zero-order chi connectivity index (χ0) is 13.1. The van der Waals surface area contributed by atoms with Gasteiger partial charge in [-0.1, -0.05) is 24.6 Å². The summed E-state index contributed by atoms with van der Waals surface area (Å²) >= 11 is 1.61. The average molecular weight is 276 g/mol. The van der Waals surface area contributed by atoms with E-state index in [4.69, 9.17) is 5.73 Å². The van der Waals surface area contributed by atoms with Gasteiger partial charge >= 0.3 is 0 Å². The molecule has 1 aliphatic rings. The fraction of sp³-hybridized carbons (Fsp3) is 0.500. The van der Waals surface area contributed by atoms with Crippen molar-refractivity contribution < 1.29 is 0 Å². The van der Waals surface area contributed by atoms with E-state index in [1.54, 1.807) is 24.0 Å². The van der Waals surface area contributed by atoms with E-state index in [0.29, 0.717) is 6.04 Å². The summed E-state index contributed by atoms with van der Waals surface area (Å²) in [6.07, 6.45) is 6.62. The maximum Gasteiger partial charge on any atom is 0.209 e. The number of tetrazole rings is 1. The van der Waals surface area contributed by atoms with Crippen LogP contribution in [0.4, 0.5) is 5.69 Å². The van der Waals surface area contributed by atoms with E-state index in [1.165, 1.54) is 25.7 Å². The van der Waals surface area contributed by atoms with Gasteiger partial charge in [-0.05, 0) is 35.4 Å². The molecular weight excluding hydrogens is 260 g/mol. The molecule has 0 aromatic carbocycles. The Bertz CT molecular complexity index is 549. The lowest BCUT2D eigenvalue weighted by Gasteiger charge is -2.10. The number of nitrogens with two attached hydrogens (primary N) is 1. The van der Waals surface area contributed by atoms with Gasteiger partial charge in [0.2, 0.25) is 5.16 Å². The van der Waals surface area contributed by atoms with Gasteiger partial charge in [0.25, 0.3) is 0 Å². The molecule has 2 aromatic rings. The molecule has 7 heteroatoms. The number of nitrogen functional groups attached to an aromatic ring is 1. The second kappa shape index (κ2) is 5.56. The molecule has 1 saturated carbocycles.